The summed E-state index contributed by atoms with van der Waals surface area (Å²) in [5.74, 6) is 0. The summed E-state index contributed by atoms with van der Waals surface area (Å²) in [5, 5.41) is 0. The molecule has 0 bridgehead atoms. The van der Waals surface area contributed by atoms with E-state index in [1.165, 1.54) is 0 Å². The van der Waals surface area contributed by atoms with Crippen LogP contribution in [0.1, 0.15) is 0 Å². The second kappa shape index (κ2) is 17.2. The third-order valence-corrected chi connectivity index (χ3v) is 0. The molecule has 0 aromatic heterocycles. The van der Waals surface area contributed by atoms with Crippen LogP contribution in [0.25, 0.3) is 0 Å². The van der Waals surface area contributed by atoms with E-state index in [-0.39, 0.29) is 93.3 Å². The van der Waals surface area contributed by atoms with Crippen LogP contribution < -0.4 is 76.2 Å². The normalized spacial score (nSPS) is 0. The average molecular weight is 165 g/mol. The van der Waals surface area contributed by atoms with Crippen LogP contribution in [0, 0.1) is 0 Å². The van der Waals surface area contributed by atoms with Crippen molar-refractivity contribution in [3.05, 3.63) is 0 Å². The fraction of sp³-hybridized carbons (Fsp3) is 0. The van der Waals surface area contributed by atoms with Gasteiger partial charge < -0.3 is 24.8 Å². The first-order valence-electron chi connectivity index (χ1n) is 0. The molecule has 0 amide bonds. The largest absolute Gasteiger partial charge is 2.00 e. The Kier molecular flexibility index (Phi) is 127. The molecule has 0 fully saturated rings. The first kappa shape index (κ1) is 29.6. The number of hydrogen-bond donors (Lipinski definition) is 0. The second-order valence-electron chi connectivity index (χ2n) is 0. The molecular weight excluding hydrogens is 165 g/mol. The van der Waals surface area contributed by atoms with Crippen molar-refractivity contribution in [3.8, 4) is 0 Å². The average Bonchev–Trinajstić information content (AvgIpc) is 0. The Labute approximate surface area is 91.2 Å². The molecule has 21 valence electrons. The Hall–Kier alpha value is 2.74. The van der Waals surface area contributed by atoms with Crippen LogP contribution in [0.4, 0.5) is 0 Å². The van der Waals surface area contributed by atoms with Crippen LogP contribution >= 0.6 is 0 Å². The van der Waals surface area contributed by atoms with Crippen molar-refractivity contribution in [2.45, 2.75) is 0 Å². The summed E-state index contributed by atoms with van der Waals surface area (Å²) < 4.78 is 0. The predicted octanol–water partition coefficient (Wildman–Crippen LogP) is -8.99. The van der Waals surface area contributed by atoms with Gasteiger partial charge in [0.1, 0.15) is 0 Å². The molecule has 0 saturated heterocycles. The molecule has 0 unspecified atom stereocenters. The van der Waals surface area contributed by atoms with E-state index in [2.05, 4.69) is 0 Å². The summed E-state index contributed by atoms with van der Waals surface area (Å²) in [7, 11) is 0. The number of hydrogen-bond acceptors (Lipinski definition) is 0. The summed E-state index contributed by atoms with van der Waals surface area (Å²) in [6.07, 6.45) is 0. The maximum atomic E-state index is 0. The van der Waals surface area contributed by atoms with Gasteiger partial charge in [0.15, 0.2) is 0 Å². The van der Waals surface area contributed by atoms with Gasteiger partial charge in [0, 0.05) is 0 Å². The van der Waals surface area contributed by atoms with Gasteiger partial charge in [-0.1, -0.05) is 0 Å². The van der Waals surface area contributed by atoms with E-state index < -0.39 is 0 Å². The predicted molar refractivity (Wildman–Crippen MR) is 0 cm³/mol. The van der Waals surface area contributed by atoms with Crippen molar-refractivity contribution in [2.24, 2.45) is 0 Å². The van der Waals surface area contributed by atoms with Gasteiger partial charge in [0.05, 0.1) is 0 Å². The minimum absolute atomic E-state index is 0. The molecule has 0 aliphatic rings. The van der Waals surface area contributed by atoms with Crippen molar-refractivity contribution in [3.63, 3.8) is 0 Å². The molecule has 0 rings (SSSR count). The third kappa shape index (κ3) is 8.83. The number of halogens is 2. The molecule has 0 atom stereocenters. The van der Waals surface area contributed by atoms with Crippen molar-refractivity contribution in [1.29, 1.82) is 0 Å². The number of rotatable bonds is 0. The minimum atomic E-state index is 0. The molecule has 0 aromatic rings. The van der Waals surface area contributed by atoms with Crippen molar-refractivity contribution < 1.29 is 93.3 Å². The van der Waals surface area contributed by atoms with E-state index in [9.17, 15) is 0 Å². The third-order valence-electron chi connectivity index (χ3n) is 0. The summed E-state index contributed by atoms with van der Waals surface area (Å²) in [6.45, 7) is 0. The Bertz CT molecular complexity index is 6.00. The topological polar surface area (TPSA) is 0 Å². The standard InChI is InChI=1S/2ClH.K.Mn/h2*1H;;/q;;+1;+2/p-2. The van der Waals surface area contributed by atoms with Gasteiger partial charge in [-0.3, -0.25) is 0 Å². The molecule has 0 heterocycles. The first-order chi connectivity index (χ1) is 0. The molecule has 4 heteroatoms. The van der Waals surface area contributed by atoms with Crippen LogP contribution in [-0.2, 0) is 17.1 Å². The molecule has 0 spiro atoms. The maximum absolute atomic E-state index is 0. The van der Waals surface area contributed by atoms with Gasteiger partial charge in [-0.2, -0.15) is 0 Å². The molecule has 0 aliphatic carbocycles. The van der Waals surface area contributed by atoms with Gasteiger partial charge in [0.25, 0.3) is 0 Å². The quantitative estimate of drug-likeness (QED) is 0.313. The molecule has 0 aromatic carbocycles. The molecule has 0 aliphatic heterocycles. The van der Waals surface area contributed by atoms with Crippen LogP contribution in [0.15, 0.2) is 0 Å². The minimum Gasteiger partial charge on any atom is -1.00 e. The van der Waals surface area contributed by atoms with E-state index in [4.69, 9.17) is 0 Å². The zero-order valence-electron chi connectivity index (χ0n) is 2.13. The van der Waals surface area contributed by atoms with Crippen LogP contribution in [0.2, 0.25) is 0 Å². The monoisotopic (exact) mass is 164 g/mol. The van der Waals surface area contributed by atoms with Crippen molar-refractivity contribution >= 4 is 0 Å². The molecule has 0 saturated carbocycles. The zero-order valence-corrected chi connectivity index (χ0v) is 7.95. The summed E-state index contributed by atoms with van der Waals surface area (Å²) in [6, 6.07) is 0. The van der Waals surface area contributed by atoms with Crippen LogP contribution in [-0.4, -0.2) is 0 Å². The summed E-state index contributed by atoms with van der Waals surface area (Å²) >= 11 is 0. The van der Waals surface area contributed by atoms with E-state index >= 15 is 0 Å². The Morgan fingerprint density at radius 1 is 0.750 bits per heavy atom. The fourth-order valence-electron chi connectivity index (χ4n) is 0. The molecular formula is Cl2KMn+. The Morgan fingerprint density at radius 3 is 0.750 bits per heavy atom. The van der Waals surface area contributed by atoms with Crippen LogP contribution in [0.3, 0.4) is 0 Å². The molecule has 0 nitrogen and oxygen atoms in total. The molecule has 0 N–H and O–H groups in total. The fourth-order valence-corrected chi connectivity index (χ4v) is 0. The zero-order chi connectivity index (χ0) is 0. The van der Waals surface area contributed by atoms with Crippen molar-refractivity contribution in [2.75, 3.05) is 0 Å². The SMILES string of the molecule is [Cl-].[Cl-].[K+].[Mn+2]. The molecule has 4 heavy (non-hydrogen) atoms. The van der Waals surface area contributed by atoms with Gasteiger partial charge in [-0.05, 0) is 0 Å². The van der Waals surface area contributed by atoms with E-state index in [0.717, 1.165) is 0 Å². The first-order valence-corrected chi connectivity index (χ1v) is 0. The summed E-state index contributed by atoms with van der Waals surface area (Å²) in [4.78, 5) is 0. The maximum Gasteiger partial charge on any atom is 2.00 e. The van der Waals surface area contributed by atoms with Gasteiger partial charge in [-0.25, -0.2) is 0 Å². The van der Waals surface area contributed by atoms with E-state index in [1.54, 1.807) is 0 Å². The smallest absolute Gasteiger partial charge is 1.00 e. The van der Waals surface area contributed by atoms with Crippen molar-refractivity contribution in [1.82, 2.24) is 0 Å². The summed E-state index contributed by atoms with van der Waals surface area (Å²) in [5.41, 5.74) is 0. The van der Waals surface area contributed by atoms with E-state index in [1.807, 2.05) is 0 Å². The second-order valence-corrected chi connectivity index (χ2v) is 0. The van der Waals surface area contributed by atoms with E-state index in [0.29, 0.717) is 0 Å². The Balaban J connectivity index is 0. The molecule has 1 radical (unpaired) electrons. The van der Waals surface area contributed by atoms with Gasteiger partial charge in [-0.15, -0.1) is 0 Å². The van der Waals surface area contributed by atoms with Crippen LogP contribution in [0.5, 0.6) is 0 Å². The Morgan fingerprint density at radius 2 is 0.750 bits per heavy atom. The van der Waals surface area contributed by atoms with Gasteiger partial charge >= 0.3 is 68.5 Å². The van der Waals surface area contributed by atoms with Gasteiger partial charge in [0.2, 0.25) is 0 Å².